The second-order valence-electron chi connectivity index (χ2n) is 6.12. The van der Waals surface area contributed by atoms with Crippen LogP contribution >= 0.6 is 0 Å². The van der Waals surface area contributed by atoms with Crippen molar-refractivity contribution in [1.82, 2.24) is 5.43 Å². The summed E-state index contributed by atoms with van der Waals surface area (Å²) in [5.74, 6) is 5.72. The van der Waals surface area contributed by atoms with Crippen molar-refractivity contribution in [2.24, 2.45) is 5.84 Å². The van der Waals surface area contributed by atoms with E-state index in [4.69, 9.17) is 5.84 Å². The molecule has 1 aromatic rings. The lowest BCUT2D eigenvalue weighted by molar-refractivity contribution is 0.476. The predicted molar refractivity (Wildman–Crippen MR) is 93.4 cm³/mol. The van der Waals surface area contributed by atoms with Gasteiger partial charge < -0.3 is 4.90 Å². The quantitative estimate of drug-likeness (QED) is 0.361. The zero-order chi connectivity index (χ0) is 15.5. The number of nitrogens with two attached hydrogens (primary N) is 1. The summed E-state index contributed by atoms with van der Waals surface area (Å²) in [4.78, 5) is 2.12. The molecule has 21 heavy (non-hydrogen) atoms. The Bertz CT molecular complexity index is 359. The summed E-state index contributed by atoms with van der Waals surface area (Å²) in [7, 11) is 4.12. The molecule has 120 valence electrons. The SMILES string of the molecule is CCCCCCCCCC(NN)c1ccc(N(C)C)cc1. The molecule has 0 radical (unpaired) electrons. The van der Waals surface area contributed by atoms with E-state index in [2.05, 4.69) is 55.6 Å². The Labute approximate surface area is 130 Å². The summed E-state index contributed by atoms with van der Waals surface area (Å²) < 4.78 is 0. The van der Waals surface area contributed by atoms with Gasteiger partial charge in [0.2, 0.25) is 0 Å². The molecular formula is C18H33N3. The molecule has 1 atom stereocenters. The Balaban J connectivity index is 2.30. The van der Waals surface area contributed by atoms with Gasteiger partial charge in [0.15, 0.2) is 0 Å². The van der Waals surface area contributed by atoms with Gasteiger partial charge in [0.1, 0.15) is 0 Å². The van der Waals surface area contributed by atoms with E-state index in [-0.39, 0.29) is 6.04 Å². The van der Waals surface area contributed by atoms with E-state index >= 15 is 0 Å². The van der Waals surface area contributed by atoms with Gasteiger partial charge in [-0.25, -0.2) is 0 Å². The molecule has 0 spiro atoms. The number of hydrogen-bond donors (Lipinski definition) is 2. The predicted octanol–water partition coefficient (Wildman–Crippen LogP) is 4.40. The molecule has 0 saturated heterocycles. The number of benzene rings is 1. The second-order valence-corrected chi connectivity index (χ2v) is 6.12. The number of rotatable bonds is 11. The Hall–Kier alpha value is -1.06. The standard InChI is InChI=1S/C18H33N3/c1-4-5-6-7-8-9-10-11-18(20-19)16-12-14-17(15-13-16)21(2)3/h12-15,18,20H,4-11,19H2,1-3H3. The minimum atomic E-state index is 0.275. The first-order chi connectivity index (χ1) is 10.2. The minimum Gasteiger partial charge on any atom is -0.378 e. The number of nitrogens with one attached hydrogen (secondary N) is 1. The van der Waals surface area contributed by atoms with Crippen LogP contribution in [0.25, 0.3) is 0 Å². The molecule has 1 unspecified atom stereocenters. The Morgan fingerprint density at radius 1 is 0.952 bits per heavy atom. The van der Waals surface area contributed by atoms with E-state index in [1.165, 1.54) is 56.2 Å². The molecule has 3 nitrogen and oxygen atoms in total. The normalized spacial score (nSPS) is 12.4. The molecule has 0 aromatic heterocycles. The molecule has 0 aliphatic rings. The molecule has 3 heteroatoms. The maximum absolute atomic E-state index is 5.72. The highest BCUT2D eigenvalue weighted by Crippen LogP contribution is 2.22. The first-order valence-corrected chi connectivity index (χ1v) is 8.42. The lowest BCUT2D eigenvalue weighted by atomic mass is 9.99. The van der Waals surface area contributed by atoms with Crippen molar-refractivity contribution in [3.05, 3.63) is 29.8 Å². The van der Waals surface area contributed by atoms with Crippen LogP contribution in [0.5, 0.6) is 0 Å². The van der Waals surface area contributed by atoms with Crippen LogP contribution in [0.2, 0.25) is 0 Å². The van der Waals surface area contributed by atoms with Crippen LogP contribution in [0.3, 0.4) is 0 Å². The monoisotopic (exact) mass is 291 g/mol. The van der Waals surface area contributed by atoms with Gasteiger partial charge in [0, 0.05) is 25.8 Å². The Kier molecular flexibility index (Phi) is 9.11. The number of anilines is 1. The van der Waals surface area contributed by atoms with Crippen molar-refractivity contribution in [3.8, 4) is 0 Å². The minimum absolute atomic E-state index is 0.275. The Morgan fingerprint density at radius 2 is 1.52 bits per heavy atom. The summed E-state index contributed by atoms with van der Waals surface area (Å²) in [5.41, 5.74) is 5.48. The maximum atomic E-state index is 5.72. The zero-order valence-corrected chi connectivity index (χ0v) is 14.1. The van der Waals surface area contributed by atoms with E-state index in [1.54, 1.807) is 0 Å². The van der Waals surface area contributed by atoms with Crippen LogP contribution in [0.4, 0.5) is 5.69 Å². The molecule has 3 N–H and O–H groups in total. The topological polar surface area (TPSA) is 41.3 Å². The van der Waals surface area contributed by atoms with Crippen molar-refractivity contribution in [3.63, 3.8) is 0 Å². The largest absolute Gasteiger partial charge is 0.378 e. The third-order valence-corrected chi connectivity index (χ3v) is 4.11. The van der Waals surface area contributed by atoms with Crippen LogP contribution in [0.1, 0.15) is 69.9 Å². The highest BCUT2D eigenvalue weighted by molar-refractivity contribution is 5.46. The van der Waals surface area contributed by atoms with Crippen LogP contribution in [0.15, 0.2) is 24.3 Å². The van der Waals surface area contributed by atoms with Gasteiger partial charge in [-0.15, -0.1) is 0 Å². The molecule has 0 amide bonds. The van der Waals surface area contributed by atoms with Gasteiger partial charge in [-0.3, -0.25) is 11.3 Å². The van der Waals surface area contributed by atoms with E-state index in [0.717, 1.165) is 6.42 Å². The molecule has 1 rings (SSSR count). The number of hydrogen-bond acceptors (Lipinski definition) is 3. The lowest BCUT2D eigenvalue weighted by Crippen LogP contribution is -2.28. The molecule has 0 aliphatic heterocycles. The maximum Gasteiger partial charge on any atom is 0.0460 e. The van der Waals surface area contributed by atoms with Gasteiger partial charge in [0.05, 0.1) is 0 Å². The smallest absolute Gasteiger partial charge is 0.0460 e. The van der Waals surface area contributed by atoms with E-state index in [1.807, 2.05) is 0 Å². The summed E-state index contributed by atoms with van der Waals surface area (Å²) >= 11 is 0. The fourth-order valence-corrected chi connectivity index (χ4v) is 2.66. The number of hydrazine groups is 1. The van der Waals surface area contributed by atoms with Crippen LogP contribution in [-0.2, 0) is 0 Å². The molecule has 0 saturated carbocycles. The van der Waals surface area contributed by atoms with Gasteiger partial charge >= 0.3 is 0 Å². The summed E-state index contributed by atoms with van der Waals surface area (Å²) in [6, 6.07) is 8.95. The molecule has 0 bridgehead atoms. The molecule has 0 heterocycles. The van der Waals surface area contributed by atoms with Gasteiger partial charge in [-0.2, -0.15) is 0 Å². The Morgan fingerprint density at radius 3 is 2.05 bits per heavy atom. The first-order valence-electron chi connectivity index (χ1n) is 8.42. The molecule has 1 aromatic carbocycles. The second kappa shape index (κ2) is 10.6. The van der Waals surface area contributed by atoms with Crippen molar-refractivity contribution < 1.29 is 0 Å². The van der Waals surface area contributed by atoms with Crippen LogP contribution in [-0.4, -0.2) is 14.1 Å². The van der Waals surface area contributed by atoms with E-state index in [0.29, 0.717) is 0 Å². The van der Waals surface area contributed by atoms with Crippen molar-refractivity contribution in [2.45, 2.75) is 64.3 Å². The summed E-state index contributed by atoms with van der Waals surface area (Å²) in [5, 5.41) is 0. The van der Waals surface area contributed by atoms with E-state index in [9.17, 15) is 0 Å². The van der Waals surface area contributed by atoms with Gasteiger partial charge in [0.25, 0.3) is 0 Å². The molecular weight excluding hydrogens is 258 g/mol. The summed E-state index contributed by atoms with van der Waals surface area (Å²) in [6.07, 6.45) is 10.5. The van der Waals surface area contributed by atoms with Gasteiger partial charge in [-0.05, 0) is 24.1 Å². The number of unbranched alkanes of at least 4 members (excludes halogenated alkanes) is 6. The van der Waals surface area contributed by atoms with E-state index < -0.39 is 0 Å². The highest BCUT2D eigenvalue weighted by atomic mass is 15.2. The van der Waals surface area contributed by atoms with Crippen LogP contribution < -0.4 is 16.2 Å². The molecule has 0 aliphatic carbocycles. The van der Waals surface area contributed by atoms with Crippen molar-refractivity contribution >= 4 is 5.69 Å². The zero-order valence-electron chi connectivity index (χ0n) is 14.1. The fraction of sp³-hybridized carbons (Fsp3) is 0.667. The average molecular weight is 291 g/mol. The number of nitrogens with zero attached hydrogens (tertiary/aromatic N) is 1. The molecule has 0 fully saturated rings. The van der Waals surface area contributed by atoms with Crippen molar-refractivity contribution in [2.75, 3.05) is 19.0 Å². The lowest BCUT2D eigenvalue weighted by Gasteiger charge is -2.18. The third kappa shape index (κ3) is 6.96. The highest BCUT2D eigenvalue weighted by Gasteiger charge is 2.09. The third-order valence-electron chi connectivity index (χ3n) is 4.11. The average Bonchev–Trinajstić information content (AvgIpc) is 2.50. The van der Waals surface area contributed by atoms with Gasteiger partial charge in [-0.1, -0.05) is 64.0 Å². The summed E-state index contributed by atoms with van der Waals surface area (Å²) in [6.45, 7) is 2.26. The fourth-order valence-electron chi connectivity index (χ4n) is 2.66. The van der Waals surface area contributed by atoms with Crippen molar-refractivity contribution in [1.29, 1.82) is 0 Å². The first kappa shape index (κ1) is 18.0. The van der Waals surface area contributed by atoms with Crippen LogP contribution in [0, 0.1) is 0 Å².